The van der Waals surface area contributed by atoms with Crippen molar-refractivity contribution >= 4 is 46.1 Å². The second-order valence-electron chi connectivity index (χ2n) is 14.1. The van der Waals surface area contributed by atoms with Crippen molar-refractivity contribution in [1.82, 2.24) is 0 Å². The number of nitro benzene ring substituents is 1. The van der Waals surface area contributed by atoms with Gasteiger partial charge in [0, 0.05) is 55.2 Å². The first kappa shape index (κ1) is 47.6. The zero-order chi connectivity index (χ0) is 42.7. The Labute approximate surface area is 349 Å². The first-order chi connectivity index (χ1) is 28.7. The van der Waals surface area contributed by atoms with E-state index in [4.69, 9.17) is 18.9 Å². The number of nitrogens with two attached hydrogens (primary N) is 1. The fourth-order valence-electron chi connectivity index (χ4n) is 6.13. The average molecular weight is 816 g/mol. The van der Waals surface area contributed by atoms with Crippen LogP contribution in [0.5, 0.6) is 11.5 Å². The number of quaternary nitrogens is 1. The first-order valence-electron chi connectivity index (χ1n) is 20.8. The molecule has 0 amide bonds. The van der Waals surface area contributed by atoms with E-state index in [1.165, 1.54) is 82.0 Å². The third kappa shape index (κ3) is 18.1. The minimum absolute atomic E-state index is 0.00972. The Morgan fingerprint density at radius 3 is 1.81 bits per heavy atom. The van der Waals surface area contributed by atoms with Crippen LogP contribution >= 0.6 is 0 Å². The summed E-state index contributed by atoms with van der Waals surface area (Å²) in [5.74, 6) is -0.471. The van der Waals surface area contributed by atoms with E-state index in [9.17, 15) is 19.7 Å². The van der Waals surface area contributed by atoms with Crippen LogP contribution in [-0.2, 0) is 19.1 Å². The van der Waals surface area contributed by atoms with Gasteiger partial charge in [-0.2, -0.15) is 5.11 Å². The summed E-state index contributed by atoms with van der Waals surface area (Å²) in [6, 6.07) is 15.5. The highest BCUT2D eigenvalue weighted by Gasteiger charge is 2.18. The van der Waals surface area contributed by atoms with Gasteiger partial charge in [-0.3, -0.25) is 10.1 Å². The molecule has 0 atom stereocenters. The minimum atomic E-state index is -0.579. The Morgan fingerprint density at radius 2 is 1.27 bits per heavy atom. The van der Waals surface area contributed by atoms with Crippen molar-refractivity contribution in [3.8, 4) is 11.5 Å². The standard InChI is InChI=1S/C45H62N6O8/c1-6-10-12-14-16-18-26-50(27-19-17-15-13-11-7-2)38-24-25-39(35(5)32-38)47-49-41-34-42(56-28-30-58-44(52)8-3)40(33-43(41)57-29-31-59-45(53)9-4)48-46-36-20-22-37(23-21-36)51(54)55/h8-9,20-25,32-34,46,48H,3-4,6-7,10-19,26-31H2,1-2,5H3/p+1. The molecule has 59 heavy (non-hydrogen) atoms. The highest BCUT2D eigenvalue weighted by atomic mass is 16.6. The summed E-state index contributed by atoms with van der Waals surface area (Å²) < 4.78 is 22.4. The molecule has 0 bridgehead atoms. The van der Waals surface area contributed by atoms with E-state index in [1.54, 1.807) is 29.7 Å². The van der Waals surface area contributed by atoms with Gasteiger partial charge < -0.3 is 23.8 Å². The van der Waals surface area contributed by atoms with Crippen LogP contribution in [0.4, 0.5) is 34.1 Å². The molecule has 3 aromatic carbocycles. The summed E-state index contributed by atoms with van der Waals surface area (Å²) in [5.41, 5.74) is 9.00. The molecule has 0 radical (unpaired) electrons. The predicted octanol–water partition coefficient (Wildman–Crippen LogP) is 10.3. The second kappa shape index (κ2) is 27.8. The number of benzene rings is 3. The molecule has 0 heterocycles. The normalized spacial score (nSPS) is 10.9. The molecule has 0 aliphatic rings. The highest BCUT2D eigenvalue weighted by molar-refractivity contribution is 5.81. The maximum atomic E-state index is 11.7. The van der Waals surface area contributed by atoms with Crippen LogP contribution in [0.15, 0.2) is 90.1 Å². The Bertz CT molecular complexity index is 1780. The number of nitrogens with zero attached hydrogens (tertiary/aromatic N) is 4. The average Bonchev–Trinajstić information content (AvgIpc) is 3.24. The lowest BCUT2D eigenvalue weighted by Crippen LogP contribution is -2.82. The molecule has 0 spiro atoms. The zero-order valence-electron chi connectivity index (χ0n) is 35.1. The molecule has 14 heteroatoms. The summed E-state index contributed by atoms with van der Waals surface area (Å²) in [7, 11) is 0. The van der Waals surface area contributed by atoms with Crippen LogP contribution in [0.25, 0.3) is 0 Å². The molecular weight excluding hydrogens is 753 g/mol. The van der Waals surface area contributed by atoms with E-state index in [1.807, 2.05) is 13.0 Å². The maximum Gasteiger partial charge on any atom is 0.330 e. The molecule has 3 rings (SSSR count). The lowest BCUT2D eigenvalue weighted by molar-refractivity contribution is -0.539. The molecule has 0 fully saturated rings. The number of nitrogen functional groups attached to an aromatic ring is 1. The lowest BCUT2D eigenvalue weighted by atomic mass is 10.1. The Kier molecular flexibility index (Phi) is 22.4. The number of unbranched alkanes of at least 4 members (excludes halogenated alkanes) is 10. The Balaban J connectivity index is 1.91. The number of carbonyl (C=O) groups is 2. The van der Waals surface area contributed by atoms with Gasteiger partial charge in [0.15, 0.2) is 17.2 Å². The van der Waals surface area contributed by atoms with Crippen LogP contribution in [0.1, 0.15) is 96.5 Å². The van der Waals surface area contributed by atoms with E-state index < -0.39 is 16.9 Å². The zero-order valence-corrected chi connectivity index (χ0v) is 35.1. The van der Waals surface area contributed by atoms with E-state index >= 15 is 0 Å². The minimum Gasteiger partial charge on any atom is -0.487 e. The van der Waals surface area contributed by atoms with Crippen LogP contribution in [0, 0.1) is 17.0 Å². The number of esters is 2. The molecule has 14 nitrogen and oxygen atoms in total. The van der Waals surface area contributed by atoms with Crippen LogP contribution in [0.3, 0.4) is 0 Å². The number of nitrogens with one attached hydrogen (secondary N) is 1. The molecule has 0 saturated carbocycles. The van der Waals surface area contributed by atoms with Gasteiger partial charge in [-0.1, -0.05) is 91.2 Å². The SMILES string of the molecule is C=CC(=O)OCCOc1cc([NH2+]Nc2ccc([N+](=O)[O-])cc2)c(OCCOC(=O)C=C)cc1N=Nc1ccc(N(CCCCCCCC)CCCCCCCC)cc1C. The fraction of sp³-hybridized carbons (Fsp3) is 0.467. The van der Waals surface area contributed by atoms with Crippen molar-refractivity contribution < 1.29 is 38.9 Å². The van der Waals surface area contributed by atoms with Crippen LogP contribution in [-0.4, -0.2) is 56.4 Å². The van der Waals surface area contributed by atoms with Crippen molar-refractivity contribution in [2.75, 3.05) is 49.8 Å². The fourth-order valence-corrected chi connectivity index (χ4v) is 6.13. The van der Waals surface area contributed by atoms with E-state index in [2.05, 4.69) is 59.7 Å². The summed E-state index contributed by atoms with van der Waals surface area (Å²) >= 11 is 0. The number of nitro groups is 1. The summed E-state index contributed by atoms with van der Waals surface area (Å²) in [6.45, 7) is 15.3. The largest absolute Gasteiger partial charge is 0.487 e. The highest BCUT2D eigenvalue weighted by Crippen LogP contribution is 2.38. The molecule has 0 aromatic heterocycles. The molecule has 3 N–H and O–H groups in total. The van der Waals surface area contributed by atoms with Gasteiger partial charge in [0.25, 0.3) is 5.69 Å². The number of ether oxygens (including phenoxy) is 4. The van der Waals surface area contributed by atoms with Crippen molar-refractivity contribution in [3.05, 3.63) is 95.6 Å². The van der Waals surface area contributed by atoms with Gasteiger partial charge >= 0.3 is 11.9 Å². The van der Waals surface area contributed by atoms with Crippen molar-refractivity contribution in [1.29, 1.82) is 0 Å². The number of anilines is 2. The van der Waals surface area contributed by atoms with Gasteiger partial charge in [-0.05, 0) is 55.7 Å². The van der Waals surface area contributed by atoms with Crippen LogP contribution in [0.2, 0.25) is 0 Å². The molecule has 3 aromatic rings. The third-order valence-corrected chi connectivity index (χ3v) is 9.44. The van der Waals surface area contributed by atoms with Gasteiger partial charge in [0.2, 0.25) is 0 Å². The van der Waals surface area contributed by atoms with Gasteiger partial charge in [-0.15, -0.1) is 5.11 Å². The summed E-state index contributed by atoms with van der Waals surface area (Å²) in [6.07, 6.45) is 17.1. The molecule has 320 valence electrons. The number of azo groups is 1. The second-order valence-corrected chi connectivity index (χ2v) is 14.1. The number of carbonyl (C=O) groups excluding carboxylic acids is 2. The quantitative estimate of drug-likeness (QED) is 0.00931. The molecule has 0 aliphatic heterocycles. The van der Waals surface area contributed by atoms with Gasteiger partial charge in [0.05, 0.1) is 16.3 Å². The number of aryl methyl sites for hydroxylation is 1. The monoisotopic (exact) mass is 815 g/mol. The molecule has 0 unspecified atom stereocenters. The molecule has 0 aliphatic carbocycles. The van der Waals surface area contributed by atoms with E-state index in [-0.39, 0.29) is 32.1 Å². The van der Waals surface area contributed by atoms with Gasteiger partial charge in [0.1, 0.15) is 32.1 Å². The number of non-ortho nitro benzene ring substituents is 1. The van der Waals surface area contributed by atoms with Crippen molar-refractivity contribution in [3.63, 3.8) is 0 Å². The topological polar surface area (TPSA) is 171 Å². The smallest absolute Gasteiger partial charge is 0.330 e. The first-order valence-corrected chi connectivity index (χ1v) is 20.8. The Hall–Kier alpha value is -5.76. The van der Waals surface area contributed by atoms with Crippen molar-refractivity contribution in [2.45, 2.75) is 97.8 Å². The summed E-state index contributed by atoms with van der Waals surface area (Å²) in [5, 5.41) is 20.4. The maximum absolute atomic E-state index is 11.7. The summed E-state index contributed by atoms with van der Waals surface area (Å²) in [4.78, 5) is 36.5. The molecular formula is C45H63N6O8+. The molecule has 0 saturated heterocycles. The number of rotatable bonds is 31. The number of hydrogen-bond donors (Lipinski definition) is 2. The van der Waals surface area contributed by atoms with Crippen molar-refractivity contribution in [2.24, 2.45) is 10.2 Å². The van der Waals surface area contributed by atoms with E-state index in [0.717, 1.165) is 43.6 Å². The lowest BCUT2D eigenvalue weighted by Gasteiger charge is -2.26. The van der Waals surface area contributed by atoms with Gasteiger partial charge in [-0.25, -0.2) is 20.4 Å². The predicted molar refractivity (Wildman–Crippen MR) is 232 cm³/mol. The number of hydrogen-bond acceptors (Lipinski definition) is 12. The van der Waals surface area contributed by atoms with E-state index in [0.29, 0.717) is 34.2 Å². The third-order valence-electron chi connectivity index (χ3n) is 9.44. The Morgan fingerprint density at radius 1 is 0.729 bits per heavy atom. The van der Waals surface area contributed by atoms with Crippen LogP contribution < -0.4 is 25.2 Å².